The molecule has 3 rings (SSSR count). The molecule has 0 saturated carbocycles. The molecule has 0 unspecified atom stereocenters. The molecule has 0 aromatic heterocycles. The summed E-state index contributed by atoms with van der Waals surface area (Å²) >= 11 is 12.1. The van der Waals surface area contributed by atoms with Crippen molar-refractivity contribution in [2.75, 3.05) is 38.2 Å². The lowest BCUT2D eigenvalue weighted by molar-refractivity contribution is -0.385. The number of nitrogens with zero attached hydrogens (tertiary/aromatic N) is 3. The highest BCUT2D eigenvalue weighted by Gasteiger charge is 2.25. The quantitative estimate of drug-likeness (QED) is 0.565. The highest BCUT2D eigenvalue weighted by atomic mass is 35.5. The third kappa shape index (κ3) is 3.94. The fraction of sp³-hybridized carbons (Fsp3) is 0.278. The van der Waals surface area contributed by atoms with E-state index in [0.717, 1.165) is 5.69 Å². The van der Waals surface area contributed by atoms with Gasteiger partial charge < -0.3 is 14.5 Å². The lowest BCUT2D eigenvalue weighted by atomic mass is 10.1. The van der Waals surface area contributed by atoms with E-state index >= 15 is 0 Å². The molecule has 9 heteroatoms. The van der Waals surface area contributed by atoms with Crippen molar-refractivity contribution in [1.29, 1.82) is 0 Å². The Balaban J connectivity index is 1.71. The predicted molar refractivity (Wildman–Crippen MR) is 104 cm³/mol. The van der Waals surface area contributed by atoms with Crippen LogP contribution in [0.15, 0.2) is 36.4 Å². The molecule has 0 N–H and O–H groups in total. The molecule has 2 aromatic rings. The van der Waals surface area contributed by atoms with Gasteiger partial charge in [-0.3, -0.25) is 14.9 Å². The number of nitro benzene ring substituents is 1. The maximum absolute atomic E-state index is 12.7. The number of amides is 1. The van der Waals surface area contributed by atoms with Crippen molar-refractivity contribution >= 4 is 40.5 Å². The van der Waals surface area contributed by atoms with Crippen molar-refractivity contribution in [3.63, 3.8) is 0 Å². The molecule has 1 aliphatic rings. The molecular weight excluding hydrogens is 393 g/mol. The van der Waals surface area contributed by atoms with Crippen molar-refractivity contribution in [2.45, 2.75) is 0 Å². The van der Waals surface area contributed by atoms with Crippen molar-refractivity contribution in [3.05, 3.63) is 62.1 Å². The van der Waals surface area contributed by atoms with E-state index in [4.69, 9.17) is 27.9 Å². The first kappa shape index (κ1) is 19.3. The highest BCUT2D eigenvalue weighted by molar-refractivity contribution is 6.43. The molecule has 0 radical (unpaired) electrons. The number of nitro groups is 1. The van der Waals surface area contributed by atoms with E-state index in [1.807, 2.05) is 0 Å². The van der Waals surface area contributed by atoms with Gasteiger partial charge in [0.05, 0.1) is 27.6 Å². The van der Waals surface area contributed by atoms with Crippen molar-refractivity contribution < 1.29 is 14.5 Å². The second-order valence-electron chi connectivity index (χ2n) is 5.99. The Kier molecular flexibility index (Phi) is 5.72. The molecule has 1 fully saturated rings. The summed E-state index contributed by atoms with van der Waals surface area (Å²) in [4.78, 5) is 27.0. The van der Waals surface area contributed by atoms with Crippen LogP contribution in [0.2, 0.25) is 10.0 Å². The Bertz CT molecular complexity index is 883. The predicted octanol–water partition coefficient (Wildman–Crippen LogP) is 3.87. The first-order chi connectivity index (χ1) is 12.9. The summed E-state index contributed by atoms with van der Waals surface area (Å²) in [6.45, 7) is 2.18. The van der Waals surface area contributed by atoms with Crippen LogP contribution in [0.3, 0.4) is 0 Å². The molecule has 1 amide bonds. The normalized spacial score (nSPS) is 14.2. The fourth-order valence-electron chi connectivity index (χ4n) is 3.02. The maximum Gasteiger partial charge on any atom is 0.311 e. The largest absolute Gasteiger partial charge is 0.490 e. The smallest absolute Gasteiger partial charge is 0.311 e. The van der Waals surface area contributed by atoms with E-state index in [2.05, 4.69) is 4.90 Å². The number of benzene rings is 2. The van der Waals surface area contributed by atoms with Crippen molar-refractivity contribution in [3.8, 4) is 5.75 Å². The first-order valence-electron chi connectivity index (χ1n) is 8.23. The molecule has 0 aliphatic carbocycles. The molecule has 1 heterocycles. The van der Waals surface area contributed by atoms with Crippen LogP contribution >= 0.6 is 23.2 Å². The summed E-state index contributed by atoms with van der Waals surface area (Å²) < 4.78 is 5.12. The number of carbonyl (C=O) groups excluding carboxylic acids is 1. The van der Waals surface area contributed by atoms with E-state index in [1.54, 1.807) is 35.2 Å². The van der Waals surface area contributed by atoms with Gasteiger partial charge in [0.1, 0.15) is 0 Å². The van der Waals surface area contributed by atoms with Crippen LogP contribution in [-0.2, 0) is 0 Å². The second kappa shape index (κ2) is 8.02. The molecule has 0 spiro atoms. The Morgan fingerprint density at radius 3 is 2.48 bits per heavy atom. The lowest BCUT2D eigenvalue weighted by Gasteiger charge is -2.36. The van der Waals surface area contributed by atoms with E-state index in [-0.39, 0.29) is 22.4 Å². The summed E-state index contributed by atoms with van der Waals surface area (Å²) in [7, 11) is 1.40. The minimum atomic E-state index is -0.478. The summed E-state index contributed by atoms with van der Waals surface area (Å²) in [5.74, 6) is 0.0464. The van der Waals surface area contributed by atoms with Crippen LogP contribution in [0.25, 0.3) is 0 Å². The van der Waals surface area contributed by atoms with E-state index < -0.39 is 4.92 Å². The average molecular weight is 410 g/mol. The van der Waals surface area contributed by atoms with E-state index in [0.29, 0.717) is 36.8 Å². The molecule has 0 atom stereocenters. The van der Waals surface area contributed by atoms with E-state index in [1.165, 1.54) is 13.2 Å². The Hall–Kier alpha value is -2.51. The van der Waals surface area contributed by atoms with Gasteiger partial charge in [-0.05, 0) is 18.2 Å². The minimum absolute atomic E-state index is 0.0781. The second-order valence-corrected chi connectivity index (χ2v) is 6.78. The summed E-state index contributed by atoms with van der Waals surface area (Å²) in [6.07, 6.45) is 0. The molecular formula is C18H17Cl2N3O4. The van der Waals surface area contributed by atoms with Gasteiger partial charge >= 0.3 is 5.69 Å². The third-order valence-electron chi connectivity index (χ3n) is 4.47. The number of methoxy groups -OCH3 is 1. The Labute approximate surface area is 166 Å². The molecule has 1 saturated heterocycles. The maximum atomic E-state index is 12.7. The molecule has 7 nitrogen and oxygen atoms in total. The van der Waals surface area contributed by atoms with Crippen LogP contribution in [0.1, 0.15) is 10.4 Å². The number of anilines is 1. The summed E-state index contributed by atoms with van der Waals surface area (Å²) in [6, 6.07) is 9.75. The molecule has 1 aliphatic heterocycles. The van der Waals surface area contributed by atoms with Gasteiger partial charge in [-0.1, -0.05) is 29.3 Å². The van der Waals surface area contributed by atoms with Gasteiger partial charge in [-0.2, -0.15) is 0 Å². The van der Waals surface area contributed by atoms with Gasteiger partial charge in [0.2, 0.25) is 0 Å². The summed E-state index contributed by atoms with van der Waals surface area (Å²) in [5.41, 5.74) is 1.12. The van der Waals surface area contributed by atoms with Gasteiger partial charge in [0.15, 0.2) is 5.75 Å². The van der Waals surface area contributed by atoms with Crippen LogP contribution < -0.4 is 9.64 Å². The highest BCUT2D eigenvalue weighted by Crippen LogP contribution is 2.32. The zero-order valence-corrected chi connectivity index (χ0v) is 16.0. The number of hydrogen-bond acceptors (Lipinski definition) is 5. The number of piperazine rings is 1. The standard InChI is InChI=1S/C18H17Cl2N3O4/c1-27-16-11-12(5-6-15(16)23(25)26)21-7-9-22(10-8-21)18(24)13-3-2-4-14(19)17(13)20/h2-6,11H,7-10H2,1H3. The fourth-order valence-corrected chi connectivity index (χ4v) is 3.40. The van der Waals surface area contributed by atoms with Crippen molar-refractivity contribution in [1.82, 2.24) is 4.90 Å². The van der Waals surface area contributed by atoms with Crippen LogP contribution in [0.4, 0.5) is 11.4 Å². The Morgan fingerprint density at radius 2 is 1.85 bits per heavy atom. The molecule has 142 valence electrons. The first-order valence-corrected chi connectivity index (χ1v) is 8.98. The zero-order valence-electron chi connectivity index (χ0n) is 14.5. The minimum Gasteiger partial charge on any atom is -0.490 e. The van der Waals surface area contributed by atoms with Gasteiger partial charge in [0, 0.05) is 44.0 Å². The molecule has 0 bridgehead atoms. The summed E-state index contributed by atoms with van der Waals surface area (Å²) in [5, 5.41) is 11.6. The third-order valence-corrected chi connectivity index (χ3v) is 5.29. The van der Waals surface area contributed by atoms with Gasteiger partial charge in [-0.25, -0.2) is 0 Å². The number of hydrogen-bond donors (Lipinski definition) is 0. The van der Waals surface area contributed by atoms with Crippen molar-refractivity contribution in [2.24, 2.45) is 0 Å². The zero-order chi connectivity index (χ0) is 19.6. The monoisotopic (exact) mass is 409 g/mol. The number of rotatable bonds is 4. The van der Waals surface area contributed by atoms with Crippen LogP contribution in [0, 0.1) is 10.1 Å². The van der Waals surface area contributed by atoms with Crippen LogP contribution in [-0.4, -0.2) is 49.0 Å². The molecule has 2 aromatic carbocycles. The van der Waals surface area contributed by atoms with E-state index in [9.17, 15) is 14.9 Å². The SMILES string of the molecule is COc1cc(N2CCN(C(=O)c3cccc(Cl)c3Cl)CC2)ccc1[N+](=O)[O-]. The average Bonchev–Trinajstić information content (AvgIpc) is 2.69. The number of carbonyl (C=O) groups is 1. The van der Waals surface area contributed by atoms with Gasteiger partial charge in [-0.15, -0.1) is 0 Å². The number of halogens is 2. The van der Waals surface area contributed by atoms with Gasteiger partial charge in [0.25, 0.3) is 5.91 Å². The van der Waals surface area contributed by atoms with Crippen LogP contribution in [0.5, 0.6) is 5.75 Å². The Morgan fingerprint density at radius 1 is 1.15 bits per heavy atom. The number of ether oxygens (including phenoxy) is 1. The lowest BCUT2D eigenvalue weighted by Crippen LogP contribution is -2.48. The topological polar surface area (TPSA) is 75.9 Å². The molecule has 27 heavy (non-hydrogen) atoms.